The first-order valence-corrected chi connectivity index (χ1v) is 8.86. The third-order valence-electron chi connectivity index (χ3n) is 4.88. The zero-order chi connectivity index (χ0) is 16.1. The Bertz CT molecular complexity index is 638. The first kappa shape index (κ1) is 16.1. The number of hydrogen-bond acceptors (Lipinski definition) is 3. The molecule has 0 amide bonds. The summed E-state index contributed by atoms with van der Waals surface area (Å²) in [5, 5.41) is 0. The molecule has 0 fully saturated rings. The minimum absolute atomic E-state index is 0.418. The number of aromatic nitrogens is 2. The maximum atomic E-state index is 4.67. The van der Waals surface area contributed by atoms with Crippen LogP contribution in [-0.2, 0) is 19.4 Å². The Morgan fingerprint density at radius 2 is 2.00 bits per heavy atom. The molecule has 0 aliphatic heterocycles. The Balaban J connectivity index is 1.77. The topological polar surface area (TPSA) is 29.0 Å². The summed E-state index contributed by atoms with van der Waals surface area (Å²) in [5.74, 6) is 0. The standard InChI is InChI=1S/C20H27N3/c1-3-4-8-16-10-6-13-21-18(16)15-23(2)19-12-5-9-17-11-7-14-22-20(17)19/h6-7,10-11,13-14,19H,3-5,8-9,12,15H2,1-2H3. The van der Waals surface area contributed by atoms with Crippen LogP contribution in [0.4, 0.5) is 0 Å². The summed E-state index contributed by atoms with van der Waals surface area (Å²) in [7, 11) is 2.22. The van der Waals surface area contributed by atoms with Crippen molar-refractivity contribution in [2.45, 2.75) is 58.0 Å². The SMILES string of the molecule is CCCCc1cccnc1CN(C)C1CCCc2cccnc21. The second-order valence-electron chi connectivity index (χ2n) is 6.58. The van der Waals surface area contributed by atoms with E-state index in [1.165, 1.54) is 54.6 Å². The van der Waals surface area contributed by atoms with E-state index in [4.69, 9.17) is 0 Å². The van der Waals surface area contributed by atoms with Crippen molar-refractivity contribution in [3.8, 4) is 0 Å². The number of fused-ring (bicyclic) bond motifs is 1. The molecular formula is C20H27N3. The van der Waals surface area contributed by atoms with E-state index in [1.54, 1.807) is 0 Å². The summed E-state index contributed by atoms with van der Waals surface area (Å²) in [6.07, 6.45) is 11.0. The average molecular weight is 309 g/mol. The van der Waals surface area contributed by atoms with E-state index in [9.17, 15) is 0 Å². The minimum Gasteiger partial charge on any atom is -0.292 e. The fourth-order valence-electron chi connectivity index (χ4n) is 3.57. The van der Waals surface area contributed by atoms with Crippen LogP contribution in [0.15, 0.2) is 36.7 Å². The van der Waals surface area contributed by atoms with Crippen molar-refractivity contribution in [1.82, 2.24) is 14.9 Å². The van der Waals surface area contributed by atoms with Gasteiger partial charge in [-0.1, -0.05) is 25.5 Å². The van der Waals surface area contributed by atoms with Gasteiger partial charge in [0.2, 0.25) is 0 Å². The van der Waals surface area contributed by atoms with Crippen LogP contribution in [0, 0.1) is 0 Å². The lowest BCUT2D eigenvalue weighted by atomic mass is 9.91. The molecule has 0 spiro atoms. The highest BCUT2D eigenvalue weighted by molar-refractivity contribution is 5.26. The lowest BCUT2D eigenvalue weighted by Crippen LogP contribution is -2.29. The van der Waals surface area contributed by atoms with Crippen LogP contribution in [-0.4, -0.2) is 21.9 Å². The minimum atomic E-state index is 0.418. The van der Waals surface area contributed by atoms with E-state index in [1.807, 2.05) is 12.4 Å². The molecule has 2 aromatic heterocycles. The fourth-order valence-corrected chi connectivity index (χ4v) is 3.57. The molecule has 3 nitrogen and oxygen atoms in total. The first-order valence-electron chi connectivity index (χ1n) is 8.86. The van der Waals surface area contributed by atoms with E-state index in [0.717, 1.165) is 13.0 Å². The van der Waals surface area contributed by atoms with Gasteiger partial charge in [-0.05, 0) is 62.4 Å². The zero-order valence-electron chi connectivity index (χ0n) is 14.3. The molecule has 0 saturated heterocycles. The molecule has 0 bridgehead atoms. The van der Waals surface area contributed by atoms with Crippen LogP contribution in [0.1, 0.15) is 61.2 Å². The molecule has 0 aromatic carbocycles. The Hall–Kier alpha value is -1.74. The third kappa shape index (κ3) is 3.78. The van der Waals surface area contributed by atoms with Crippen molar-refractivity contribution in [1.29, 1.82) is 0 Å². The smallest absolute Gasteiger partial charge is 0.0607 e. The van der Waals surface area contributed by atoms with Crippen LogP contribution < -0.4 is 0 Å². The maximum Gasteiger partial charge on any atom is 0.0607 e. The summed E-state index contributed by atoms with van der Waals surface area (Å²) >= 11 is 0. The molecule has 1 atom stereocenters. The summed E-state index contributed by atoms with van der Waals surface area (Å²) in [5.41, 5.74) is 5.32. The third-order valence-corrected chi connectivity index (χ3v) is 4.88. The molecular weight excluding hydrogens is 282 g/mol. The van der Waals surface area contributed by atoms with Crippen molar-refractivity contribution >= 4 is 0 Å². The number of hydrogen-bond donors (Lipinski definition) is 0. The number of unbranched alkanes of at least 4 members (excludes halogenated alkanes) is 1. The molecule has 1 unspecified atom stereocenters. The molecule has 0 radical (unpaired) electrons. The fraction of sp³-hybridized carbons (Fsp3) is 0.500. The summed E-state index contributed by atoms with van der Waals surface area (Å²) in [6, 6.07) is 9.00. The zero-order valence-corrected chi connectivity index (χ0v) is 14.3. The quantitative estimate of drug-likeness (QED) is 0.795. The van der Waals surface area contributed by atoms with Crippen molar-refractivity contribution in [2.75, 3.05) is 7.05 Å². The Kier molecular flexibility index (Phi) is 5.39. The van der Waals surface area contributed by atoms with Gasteiger partial charge in [-0.3, -0.25) is 14.9 Å². The Morgan fingerprint density at radius 3 is 2.87 bits per heavy atom. The number of aryl methyl sites for hydroxylation is 2. The van der Waals surface area contributed by atoms with Crippen LogP contribution in [0.25, 0.3) is 0 Å². The molecule has 1 aliphatic rings. The second-order valence-corrected chi connectivity index (χ2v) is 6.58. The normalized spacial score (nSPS) is 17.3. The van der Waals surface area contributed by atoms with Gasteiger partial charge in [0.1, 0.15) is 0 Å². The van der Waals surface area contributed by atoms with Crippen molar-refractivity contribution in [3.05, 3.63) is 59.2 Å². The van der Waals surface area contributed by atoms with Crippen molar-refractivity contribution < 1.29 is 0 Å². The summed E-state index contributed by atoms with van der Waals surface area (Å²) in [4.78, 5) is 11.8. The maximum absolute atomic E-state index is 4.67. The van der Waals surface area contributed by atoms with Gasteiger partial charge in [0, 0.05) is 18.9 Å². The van der Waals surface area contributed by atoms with E-state index in [-0.39, 0.29) is 0 Å². The van der Waals surface area contributed by atoms with Gasteiger partial charge in [-0.2, -0.15) is 0 Å². The predicted octanol–water partition coefficient (Wildman–Crippen LogP) is 4.33. The molecule has 122 valence electrons. The molecule has 1 aliphatic carbocycles. The van der Waals surface area contributed by atoms with Gasteiger partial charge >= 0.3 is 0 Å². The Labute approximate surface area is 139 Å². The highest BCUT2D eigenvalue weighted by Crippen LogP contribution is 2.32. The lowest BCUT2D eigenvalue weighted by molar-refractivity contribution is 0.205. The monoisotopic (exact) mass is 309 g/mol. The summed E-state index contributed by atoms with van der Waals surface area (Å²) < 4.78 is 0. The summed E-state index contributed by atoms with van der Waals surface area (Å²) in [6.45, 7) is 3.15. The largest absolute Gasteiger partial charge is 0.292 e. The van der Waals surface area contributed by atoms with Gasteiger partial charge in [0.15, 0.2) is 0 Å². The van der Waals surface area contributed by atoms with Crippen LogP contribution in [0.2, 0.25) is 0 Å². The van der Waals surface area contributed by atoms with Crippen LogP contribution in [0.5, 0.6) is 0 Å². The highest BCUT2D eigenvalue weighted by Gasteiger charge is 2.25. The molecule has 3 rings (SSSR count). The first-order chi connectivity index (χ1) is 11.3. The van der Waals surface area contributed by atoms with Gasteiger partial charge in [-0.15, -0.1) is 0 Å². The van der Waals surface area contributed by atoms with E-state index in [2.05, 4.69) is 53.1 Å². The van der Waals surface area contributed by atoms with E-state index in [0.29, 0.717) is 6.04 Å². The van der Waals surface area contributed by atoms with Gasteiger partial charge in [-0.25, -0.2) is 0 Å². The van der Waals surface area contributed by atoms with Crippen molar-refractivity contribution in [3.63, 3.8) is 0 Å². The number of pyridine rings is 2. The Morgan fingerprint density at radius 1 is 1.17 bits per heavy atom. The van der Waals surface area contributed by atoms with Crippen LogP contribution >= 0.6 is 0 Å². The highest BCUT2D eigenvalue weighted by atomic mass is 15.1. The van der Waals surface area contributed by atoms with E-state index >= 15 is 0 Å². The van der Waals surface area contributed by atoms with Gasteiger partial charge in [0.25, 0.3) is 0 Å². The number of nitrogens with zero attached hydrogens (tertiary/aromatic N) is 3. The predicted molar refractivity (Wildman–Crippen MR) is 94.2 cm³/mol. The lowest BCUT2D eigenvalue weighted by Gasteiger charge is -2.32. The molecule has 0 saturated carbocycles. The molecule has 2 heterocycles. The average Bonchev–Trinajstić information content (AvgIpc) is 2.60. The van der Waals surface area contributed by atoms with Gasteiger partial charge < -0.3 is 0 Å². The molecule has 0 N–H and O–H groups in total. The second kappa shape index (κ2) is 7.69. The number of rotatable bonds is 6. The van der Waals surface area contributed by atoms with Crippen LogP contribution in [0.3, 0.4) is 0 Å². The van der Waals surface area contributed by atoms with E-state index < -0.39 is 0 Å². The van der Waals surface area contributed by atoms with Crippen molar-refractivity contribution in [2.24, 2.45) is 0 Å². The molecule has 2 aromatic rings. The molecule has 23 heavy (non-hydrogen) atoms. The van der Waals surface area contributed by atoms with Gasteiger partial charge in [0.05, 0.1) is 17.4 Å². The molecule has 3 heteroatoms.